The minimum atomic E-state index is 0.885. The zero-order valence-corrected chi connectivity index (χ0v) is 41.4. The normalized spacial score (nSPS) is 12.8. The molecule has 0 radical (unpaired) electrons. The van der Waals surface area contributed by atoms with E-state index in [0.717, 1.165) is 66.6 Å². The van der Waals surface area contributed by atoms with Crippen molar-refractivity contribution < 1.29 is 4.70 Å². The molecule has 2 aromatic carbocycles. The third kappa shape index (κ3) is 22.6. The number of benzene rings is 2. The summed E-state index contributed by atoms with van der Waals surface area (Å²) < 4.78 is 1.53. The van der Waals surface area contributed by atoms with E-state index in [1.165, 1.54) is 227 Å². The standard InChI is InChI=1S/C60H96N2/c1-5-9-13-15-17-18-19-20-21-22-23-24-25-26-27-28-29-30-31-32-33-34-36-40-50-58-57(49-39-35-16-14-10-6-2)59(55-47-41-45-53(51-55)43-37-11-7-3)62(61)60(58)56-48-42-46-54(52-56)44-38-12-8-4/h41-42,45-48,51-52H,5-39,43-44,49H2,1-4H3. The summed E-state index contributed by atoms with van der Waals surface area (Å²) in [6.45, 7) is 9.14. The molecule has 3 rings (SSSR count). The smallest absolute Gasteiger partial charge is 0.223 e. The van der Waals surface area contributed by atoms with Crippen LogP contribution < -0.4 is 0 Å². The Morgan fingerprint density at radius 3 is 1.15 bits per heavy atom. The zero-order valence-electron chi connectivity index (χ0n) is 41.4. The molecule has 0 aromatic heterocycles. The van der Waals surface area contributed by atoms with Crippen LogP contribution in [0.3, 0.4) is 0 Å². The molecule has 0 saturated carbocycles. The number of allylic oxidation sites excluding steroid dienone is 2. The van der Waals surface area contributed by atoms with Crippen LogP contribution in [0.25, 0.3) is 16.9 Å². The van der Waals surface area contributed by atoms with E-state index in [1.54, 1.807) is 0 Å². The quantitative estimate of drug-likeness (QED) is 0.0364. The fourth-order valence-corrected chi connectivity index (χ4v) is 9.51. The van der Waals surface area contributed by atoms with Gasteiger partial charge in [-0.1, -0.05) is 256 Å². The molecule has 0 aliphatic carbocycles. The van der Waals surface area contributed by atoms with E-state index in [2.05, 4.69) is 88.1 Å². The minimum absolute atomic E-state index is 0.885. The molecule has 1 aliphatic heterocycles. The van der Waals surface area contributed by atoms with Gasteiger partial charge in [0.05, 0.1) is 0 Å². The van der Waals surface area contributed by atoms with Gasteiger partial charge in [0.2, 0.25) is 11.4 Å². The van der Waals surface area contributed by atoms with Crippen LogP contribution in [0.5, 0.6) is 0 Å². The second-order valence-corrected chi connectivity index (χ2v) is 19.2. The third-order valence-corrected chi connectivity index (χ3v) is 13.4. The van der Waals surface area contributed by atoms with Crippen molar-refractivity contribution in [3.05, 3.63) is 87.5 Å². The number of nitrogens with zero attached hydrogens (tertiary/aromatic N) is 2. The Balaban J connectivity index is 1.54. The maximum absolute atomic E-state index is 12.3. The van der Waals surface area contributed by atoms with Crippen LogP contribution in [-0.2, 0) is 12.8 Å². The van der Waals surface area contributed by atoms with Gasteiger partial charge in [0.15, 0.2) is 0 Å². The summed E-state index contributed by atoms with van der Waals surface area (Å²) in [6, 6.07) is 18.0. The van der Waals surface area contributed by atoms with E-state index in [-0.39, 0.29) is 0 Å². The van der Waals surface area contributed by atoms with Crippen LogP contribution >= 0.6 is 0 Å². The molecular weight excluding hydrogens is 749 g/mol. The van der Waals surface area contributed by atoms with Crippen molar-refractivity contribution in [2.75, 3.05) is 0 Å². The molecule has 0 unspecified atom stereocenters. The lowest BCUT2D eigenvalue weighted by Crippen LogP contribution is -2.03. The van der Waals surface area contributed by atoms with E-state index in [9.17, 15) is 5.53 Å². The van der Waals surface area contributed by atoms with Gasteiger partial charge < -0.3 is 5.53 Å². The Bertz CT molecular complexity index is 1580. The van der Waals surface area contributed by atoms with Gasteiger partial charge in [-0.25, -0.2) is 4.70 Å². The lowest BCUT2D eigenvalue weighted by atomic mass is 9.93. The summed E-state index contributed by atoms with van der Waals surface area (Å²) in [7, 11) is 0. The largest absolute Gasteiger partial charge is 0.493 e. The first-order valence-corrected chi connectivity index (χ1v) is 27.3. The van der Waals surface area contributed by atoms with Gasteiger partial charge in [0.1, 0.15) is 5.57 Å². The highest BCUT2D eigenvalue weighted by molar-refractivity contribution is 5.85. The zero-order chi connectivity index (χ0) is 44.1. The van der Waals surface area contributed by atoms with Crippen molar-refractivity contribution >= 4 is 11.4 Å². The van der Waals surface area contributed by atoms with Crippen molar-refractivity contribution in [2.24, 2.45) is 0 Å². The van der Waals surface area contributed by atoms with Crippen LogP contribution in [0.15, 0.2) is 59.7 Å². The second kappa shape index (κ2) is 36.4. The van der Waals surface area contributed by atoms with Crippen molar-refractivity contribution in [3.63, 3.8) is 0 Å². The number of aryl methyl sites for hydroxylation is 2. The molecule has 1 aliphatic rings. The van der Waals surface area contributed by atoms with Crippen LogP contribution in [0.2, 0.25) is 0 Å². The molecule has 0 spiro atoms. The molecule has 62 heavy (non-hydrogen) atoms. The molecule has 2 nitrogen and oxygen atoms in total. The maximum Gasteiger partial charge on any atom is 0.223 e. The van der Waals surface area contributed by atoms with E-state index in [1.807, 2.05) is 0 Å². The second-order valence-electron chi connectivity index (χ2n) is 19.2. The fourth-order valence-electron chi connectivity index (χ4n) is 9.51. The first-order valence-electron chi connectivity index (χ1n) is 27.3. The van der Waals surface area contributed by atoms with Gasteiger partial charge in [-0.2, -0.15) is 0 Å². The van der Waals surface area contributed by atoms with Gasteiger partial charge in [0, 0.05) is 23.1 Å². The topological polar surface area (TPSA) is 25.3 Å². The highest BCUT2D eigenvalue weighted by atomic mass is 15.2. The van der Waals surface area contributed by atoms with Gasteiger partial charge >= 0.3 is 0 Å². The van der Waals surface area contributed by atoms with Crippen molar-refractivity contribution in [1.29, 1.82) is 0 Å². The molecule has 2 heteroatoms. The number of hydrogen-bond acceptors (Lipinski definition) is 0. The lowest BCUT2D eigenvalue weighted by molar-refractivity contribution is -0.345. The molecular formula is C60H96N2. The maximum atomic E-state index is 12.3. The van der Waals surface area contributed by atoms with Crippen LogP contribution in [0, 0.1) is 11.8 Å². The highest BCUT2D eigenvalue weighted by Gasteiger charge is 2.35. The first kappa shape index (κ1) is 53.4. The van der Waals surface area contributed by atoms with Crippen molar-refractivity contribution in [1.82, 2.24) is 0 Å². The predicted octanol–water partition coefficient (Wildman–Crippen LogP) is 20.1. The van der Waals surface area contributed by atoms with Crippen LogP contribution in [-0.4, -0.2) is 4.70 Å². The Morgan fingerprint density at radius 2 is 0.726 bits per heavy atom. The third-order valence-electron chi connectivity index (χ3n) is 13.4. The summed E-state index contributed by atoms with van der Waals surface area (Å²) in [5.74, 6) is 7.39. The predicted molar refractivity (Wildman–Crippen MR) is 274 cm³/mol. The van der Waals surface area contributed by atoms with E-state index < -0.39 is 0 Å². The van der Waals surface area contributed by atoms with Gasteiger partial charge in [-0.3, -0.25) is 0 Å². The number of unbranched alkanes of at least 4 members (excludes halogenated alkanes) is 31. The summed E-state index contributed by atoms with van der Waals surface area (Å²) >= 11 is 0. The van der Waals surface area contributed by atoms with Gasteiger partial charge in [-0.15, -0.1) is 0 Å². The Hall–Kier alpha value is -2.92. The van der Waals surface area contributed by atoms with Crippen LogP contribution in [0.4, 0.5) is 0 Å². The molecule has 0 atom stereocenters. The first-order chi connectivity index (χ1) is 30.6. The van der Waals surface area contributed by atoms with Crippen molar-refractivity contribution in [2.45, 2.75) is 272 Å². The van der Waals surface area contributed by atoms with Gasteiger partial charge in [-0.05, 0) is 80.3 Å². The fraction of sp³-hybridized carbons (Fsp3) is 0.700. The number of rotatable bonds is 39. The molecule has 2 aromatic rings. The molecule has 0 amide bonds. The molecule has 346 valence electrons. The monoisotopic (exact) mass is 845 g/mol. The molecule has 1 heterocycles. The van der Waals surface area contributed by atoms with E-state index >= 15 is 0 Å². The van der Waals surface area contributed by atoms with E-state index in [0.29, 0.717) is 0 Å². The highest BCUT2D eigenvalue weighted by Crippen LogP contribution is 2.43. The summed E-state index contributed by atoms with van der Waals surface area (Å²) in [5.41, 5.74) is 21.4. The lowest BCUT2D eigenvalue weighted by Gasteiger charge is -2.11. The Morgan fingerprint density at radius 1 is 0.387 bits per heavy atom. The average molecular weight is 845 g/mol. The average Bonchev–Trinajstić information content (AvgIpc) is 3.56. The summed E-state index contributed by atoms with van der Waals surface area (Å²) in [5, 5.41) is 0. The minimum Gasteiger partial charge on any atom is -0.493 e. The molecule has 0 saturated heterocycles. The SMILES string of the molecule is CCCCCCCCCCCCCCCCCCCCCCCCC#CC1=C(c2cccc(CCCCC)c2)[N+](=[N-])C(c2cccc(CCCCC)c2)=C1CCCCCCCC. The molecule has 0 fully saturated rings. The van der Waals surface area contributed by atoms with Gasteiger partial charge in [0.25, 0.3) is 0 Å². The Kier molecular flexibility index (Phi) is 31.4. The Labute approximate surface area is 385 Å². The molecule has 0 N–H and O–H groups in total. The van der Waals surface area contributed by atoms with E-state index in [4.69, 9.17) is 0 Å². The summed E-state index contributed by atoms with van der Waals surface area (Å²) in [6.07, 6.45) is 49.9. The molecule has 0 bridgehead atoms. The number of hydrogen-bond donors (Lipinski definition) is 0. The summed E-state index contributed by atoms with van der Waals surface area (Å²) in [4.78, 5) is 0. The van der Waals surface area contributed by atoms with Crippen LogP contribution in [0.1, 0.15) is 281 Å². The van der Waals surface area contributed by atoms with Crippen molar-refractivity contribution in [3.8, 4) is 11.8 Å².